The molecule has 0 bridgehead atoms. The number of morpholine rings is 1. The highest BCUT2D eigenvalue weighted by Crippen LogP contribution is 2.20. The van der Waals surface area contributed by atoms with E-state index in [4.69, 9.17) is 4.74 Å². The van der Waals surface area contributed by atoms with Crippen LogP contribution in [0.4, 0.5) is 5.69 Å². The molecular weight excluding hydrogens is 360 g/mol. The molecule has 3 N–H and O–H groups in total. The molecule has 0 aromatic heterocycles. The molecule has 3 rings (SSSR count). The summed E-state index contributed by atoms with van der Waals surface area (Å²) in [5.41, 5.74) is 0.372. The smallest absolute Gasteiger partial charge is 0.244 e. The van der Waals surface area contributed by atoms with E-state index in [2.05, 4.69) is 16.0 Å². The predicted molar refractivity (Wildman–Crippen MR) is 94.0 cm³/mol. The second-order valence-electron chi connectivity index (χ2n) is 6.21. The average molecular weight is 382 g/mol. The van der Waals surface area contributed by atoms with Gasteiger partial charge in [0.25, 0.3) is 0 Å². The number of hydrogen-bond acceptors (Lipinski definition) is 6. The number of piperazine rings is 1. The molecule has 0 aliphatic carbocycles. The van der Waals surface area contributed by atoms with Crippen LogP contribution in [0.1, 0.15) is 6.92 Å². The van der Waals surface area contributed by atoms with Crippen LogP contribution in [0.5, 0.6) is 0 Å². The van der Waals surface area contributed by atoms with Crippen LogP contribution in [0.15, 0.2) is 29.2 Å². The summed E-state index contributed by atoms with van der Waals surface area (Å²) in [4.78, 5) is 23.9. The van der Waals surface area contributed by atoms with E-state index in [0.717, 1.165) is 4.31 Å². The summed E-state index contributed by atoms with van der Waals surface area (Å²) in [5.74, 6) is -0.620. The van der Waals surface area contributed by atoms with Gasteiger partial charge in [-0.3, -0.25) is 9.59 Å². The fourth-order valence-electron chi connectivity index (χ4n) is 2.95. The molecule has 10 heteroatoms. The average Bonchev–Trinajstić information content (AvgIpc) is 2.62. The molecule has 1 aromatic rings. The molecule has 0 saturated carbocycles. The number of nitrogens with zero attached hydrogens (tertiary/aromatic N) is 1. The van der Waals surface area contributed by atoms with Gasteiger partial charge in [0.1, 0.15) is 6.04 Å². The SMILES string of the molecule is C[C@H]1OCCN[C@@H]1C(=O)Nc1cccc(S(=O)(=O)N2CCNC(=O)C2)c1. The van der Waals surface area contributed by atoms with Crippen molar-refractivity contribution in [2.75, 3.05) is 38.1 Å². The Hall–Kier alpha value is -2.01. The maximum Gasteiger partial charge on any atom is 0.244 e. The zero-order valence-electron chi connectivity index (χ0n) is 14.4. The van der Waals surface area contributed by atoms with E-state index in [1.807, 2.05) is 0 Å². The minimum absolute atomic E-state index is 0.0332. The molecule has 9 nitrogen and oxygen atoms in total. The van der Waals surface area contributed by atoms with E-state index in [0.29, 0.717) is 18.8 Å². The summed E-state index contributed by atoms with van der Waals surface area (Å²) < 4.78 is 32.0. The van der Waals surface area contributed by atoms with E-state index in [1.54, 1.807) is 19.1 Å². The first-order chi connectivity index (χ1) is 12.4. The van der Waals surface area contributed by atoms with Crippen LogP contribution in [-0.2, 0) is 24.3 Å². The van der Waals surface area contributed by atoms with Crippen LogP contribution in [0, 0.1) is 0 Å². The van der Waals surface area contributed by atoms with Crippen molar-refractivity contribution in [3.63, 3.8) is 0 Å². The van der Waals surface area contributed by atoms with Crippen molar-refractivity contribution >= 4 is 27.5 Å². The molecule has 2 aliphatic heterocycles. The summed E-state index contributed by atoms with van der Waals surface area (Å²) in [5, 5.41) is 8.40. The summed E-state index contributed by atoms with van der Waals surface area (Å²) >= 11 is 0. The summed E-state index contributed by atoms with van der Waals surface area (Å²) in [6.45, 7) is 3.21. The molecule has 2 aliphatic rings. The Labute approximate surface area is 152 Å². The third-order valence-electron chi connectivity index (χ3n) is 4.34. The number of sulfonamides is 1. The minimum Gasteiger partial charge on any atom is -0.375 e. The van der Waals surface area contributed by atoms with Gasteiger partial charge in [0.05, 0.1) is 24.2 Å². The first-order valence-electron chi connectivity index (χ1n) is 8.41. The highest BCUT2D eigenvalue weighted by molar-refractivity contribution is 7.89. The van der Waals surface area contributed by atoms with Crippen molar-refractivity contribution in [2.45, 2.75) is 24.0 Å². The van der Waals surface area contributed by atoms with E-state index in [-0.39, 0.29) is 42.4 Å². The Morgan fingerprint density at radius 3 is 2.88 bits per heavy atom. The topological polar surface area (TPSA) is 117 Å². The van der Waals surface area contributed by atoms with Crippen LogP contribution in [0.25, 0.3) is 0 Å². The lowest BCUT2D eigenvalue weighted by molar-refractivity contribution is -0.124. The largest absolute Gasteiger partial charge is 0.375 e. The molecule has 2 atom stereocenters. The van der Waals surface area contributed by atoms with Crippen molar-refractivity contribution in [3.8, 4) is 0 Å². The van der Waals surface area contributed by atoms with Gasteiger partial charge in [0.15, 0.2) is 0 Å². The van der Waals surface area contributed by atoms with Crippen LogP contribution in [0.2, 0.25) is 0 Å². The van der Waals surface area contributed by atoms with Gasteiger partial charge in [0.2, 0.25) is 21.8 Å². The normalized spacial score (nSPS) is 24.7. The Balaban J connectivity index is 1.75. The second kappa shape index (κ2) is 7.70. The number of benzene rings is 1. The molecule has 2 heterocycles. The van der Waals surface area contributed by atoms with E-state index < -0.39 is 16.1 Å². The van der Waals surface area contributed by atoms with E-state index in [9.17, 15) is 18.0 Å². The molecule has 2 saturated heterocycles. The van der Waals surface area contributed by atoms with Gasteiger partial charge < -0.3 is 20.7 Å². The maximum absolute atomic E-state index is 12.7. The van der Waals surface area contributed by atoms with Crippen molar-refractivity contribution < 1.29 is 22.7 Å². The standard InChI is InChI=1S/C16H22N4O5S/c1-11-15(18-6-8-25-11)16(22)19-12-3-2-4-13(9-12)26(23,24)20-7-5-17-14(21)10-20/h2-4,9,11,15,18H,5-8,10H2,1H3,(H,17,21)(H,19,22)/t11-,15+/m1/s1. The number of carbonyl (C=O) groups excluding carboxylic acids is 2. The highest BCUT2D eigenvalue weighted by Gasteiger charge is 2.30. The van der Waals surface area contributed by atoms with Gasteiger partial charge in [-0.25, -0.2) is 8.42 Å². The van der Waals surface area contributed by atoms with Gasteiger partial charge in [-0.05, 0) is 25.1 Å². The molecule has 142 valence electrons. The minimum atomic E-state index is -3.81. The number of amides is 2. The van der Waals surface area contributed by atoms with Gasteiger partial charge in [-0.2, -0.15) is 4.31 Å². The van der Waals surface area contributed by atoms with Crippen molar-refractivity contribution in [1.29, 1.82) is 0 Å². The van der Waals surface area contributed by atoms with E-state index in [1.165, 1.54) is 12.1 Å². The number of nitrogens with one attached hydrogen (secondary N) is 3. The van der Waals surface area contributed by atoms with Gasteiger partial charge >= 0.3 is 0 Å². The Kier molecular flexibility index (Phi) is 5.56. The molecule has 0 radical (unpaired) electrons. The first kappa shape index (κ1) is 18.8. The second-order valence-corrected chi connectivity index (χ2v) is 8.15. The predicted octanol–water partition coefficient (Wildman–Crippen LogP) is -0.877. The Morgan fingerprint density at radius 2 is 2.15 bits per heavy atom. The first-order valence-corrected chi connectivity index (χ1v) is 9.85. The fourth-order valence-corrected chi connectivity index (χ4v) is 4.39. The number of carbonyl (C=O) groups is 2. The van der Waals surface area contributed by atoms with Gasteiger partial charge in [-0.15, -0.1) is 0 Å². The monoisotopic (exact) mass is 382 g/mol. The van der Waals surface area contributed by atoms with Crippen molar-refractivity contribution in [1.82, 2.24) is 14.9 Å². The lowest BCUT2D eigenvalue weighted by Crippen LogP contribution is -2.53. The molecule has 1 aromatic carbocycles. The zero-order valence-corrected chi connectivity index (χ0v) is 15.2. The molecule has 0 unspecified atom stereocenters. The summed E-state index contributed by atoms with van der Waals surface area (Å²) in [6, 6.07) is 5.51. The number of rotatable bonds is 4. The quantitative estimate of drug-likeness (QED) is 0.623. The highest BCUT2D eigenvalue weighted by atomic mass is 32.2. The van der Waals surface area contributed by atoms with Crippen molar-refractivity contribution in [3.05, 3.63) is 24.3 Å². The Morgan fingerprint density at radius 1 is 1.35 bits per heavy atom. The zero-order chi connectivity index (χ0) is 18.7. The number of hydrogen-bond donors (Lipinski definition) is 3. The van der Waals surface area contributed by atoms with Crippen LogP contribution in [0.3, 0.4) is 0 Å². The third kappa shape index (κ3) is 4.04. The van der Waals surface area contributed by atoms with E-state index >= 15 is 0 Å². The molecular formula is C16H22N4O5S. The summed E-state index contributed by atoms with van der Waals surface area (Å²) in [6.07, 6.45) is -0.275. The van der Waals surface area contributed by atoms with Crippen LogP contribution in [-0.4, -0.2) is 69.5 Å². The molecule has 0 spiro atoms. The summed E-state index contributed by atoms with van der Waals surface area (Å²) in [7, 11) is -3.81. The Bertz CT molecular complexity index is 798. The third-order valence-corrected chi connectivity index (χ3v) is 6.18. The number of anilines is 1. The lowest BCUT2D eigenvalue weighted by atomic mass is 10.1. The van der Waals surface area contributed by atoms with Gasteiger partial charge in [-0.1, -0.05) is 6.07 Å². The lowest BCUT2D eigenvalue weighted by Gasteiger charge is -2.29. The fraction of sp³-hybridized carbons (Fsp3) is 0.500. The van der Waals surface area contributed by atoms with Crippen molar-refractivity contribution in [2.24, 2.45) is 0 Å². The van der Waals surface area contributed by atoms with Gasteiger partial charge in [0, 0.05) is 25.3 Å². The number of ether oxygens (including phenoxy) is 1. The molecule has 2 amide bonds. The molecule has 26 heavy (non-hydrogen) atoms. The van der Waals surface area contributed by atoms with Crippen LogP contribution >= 0.6 is 0 Å². The molecule has 2 fully saturated rings. The maximum atomic E-state index is 12.7. The van der Waals surface area contributed by atoms with Crippen LogP contribution < -0.4 is 16.0 Å².